The van der Waals surface area contributed by atoms with Gasteiger partial charge in [-0.15, -0.1) is 0 Å². The average molecular weight is 262 g/mol. The van der Waals surface area contributed by atoms with Gasteiger partial charge in [0, 0.05) is 11.8 Å². The van der Waals surface area contributed by atoms with Crippen LogP contribution in [0.25, 0.3) is 0 Å². The van der Waals surface area contributed by atoms with Gasteiger partial charge >= 0.3 is 0 Å². The lowest BCUT2D eigenvalue weighted by Gasteiger charge is -2.09. The number of aliphatic imine (C=N–C) groups is 1. The quantitative estimate of drug-likeness (QED) is 0.879. The van der Waals surface area contributed by atoms with Crippen molar-refractivity contribution in [2.45, 2.75) is 38.4 Å². The van der Waals surface area contributed by atoms with Crippen molar-refractivity contribution in [1.29, 1.82) is 0 Å². The number of hydrogen-bond donors (Lipinski definition) is 1. The average Bonchev–Trinajstić information content (AvgIpc) is 2.80. The highest BCUT2D eigenvalue weighted by Gasteiger charge is 2.17. The lowest BCUT2D eigenvalue weighted by atomic mass is 10.1. The first-order valence-corrected chi connectivity index (χ1v) is 7.67. The maximum absolute atomic E-state index is 4.56. The third-order valence-electron chi connectivity index (χ3n) is 3.26. The highest BCUT2D eigenvalue weighted by molar-refractivity contribution is 8.14. The number of amidine groups is 1. The molecule has 0 saturated carbocycles. The Morgan fingerprint density at radius 1 is 1.39 bits per heavy atom. The van der Waals surface area contributed by atoms with Crippen LogP contribution in [0.5, 0.6) is 0 Å². The monoisotopic (exact) mass is 262 g/mol. The second kappa shape index (κ2) is 6.83. The molecular weight excluding hydrogens is 240 g/mol. The second-order valence-corrected chi connectivity index (χ2v) is 6.07. The molecule has 2 nitrogen and oxygen atoms in total. The molecule has 0 bridgehead atoms. The maximum atomic E-state index is 4.56. The van der Waals surface area contributed by atoms with Crippen molar-refractivity contribution < 1.29 is 0 Å². The molecular formula is C15H22N2S. The lowest BCUT2D eigenvalue weighted by Crippen LogP contribution is -2.22. The van der Waals surface area contributed by atoms with Gasteiger partial charge in [-0.05, 0) is 30.9 Å². The summed E-state index contributed by atoms with van der Waals surface area (Å²) in [5.74, 6) is 0. The Hall–Kier alpha value is -0.960. The van der Waals surface area contributed by atoms with Crippen molar-refractivity contribution in [1.82, 2.24) is 5.32 Å². The largest absolute Gasteiger partial charge is 0.365 e. The third-order valence-corrected chi connectivity index (χ3v) is 4.47. The van der Waals surface area contributed by atoms with Gasteiger partial charge in [-0.1, -0.05) is 49.4 Å². The van der Waals surface area contributed by atoms with Gasteiger partial charge < -0.3 is 5.32 Å². The number of nitrogens with one attached hydrogen (secondary N) is 1. The van der Waals surface area contributed by atoms with E-state index < -0.39 is 0 Å². The van der Waals surface area contributed by atoms with Crippen LogP contribution in [0.1, 0.15) is 30.9 Å². The van der Waals surface area contributed by atoms with E-state index in [9.17, 15) is 0 Å². The molecule has 1 atom stereocenters. The van der Waals surface area contributed by atoms with E-state index in [2.05, 4.69) is 48.4 Å². The molecule has 1 unspecified atom stereocenters. The summed E-state index contributed by atoms with van der Waals surface area (Å²) in [6.45, 7) is 6.39. The van der Waals surface area contributed by atoms with Gasteiger partial charge in [0.15, 0.2) is 5.17 Å². The molecule has 98 valence electrons. The van der Waals surface area contributed by atoms with Crippen LogP contribution in [0.15, 0.2) is 29.3 Å². The summed E-state index contributed by atoms with van der Waals surface area (Å²) in [7, 11) is 0. The van der Waals surface area contributed by atoms with Crippen LogP contribution in [-0.2, 0) is 6.42 Å². The van der Waals surface area contributed by atoms with E-state index in [1.54, 1.807) is 0 Å². The second-order valence-electron chi connectivity index (χ2n) is 4.78. The molecule has 0 spiro atoms. The summed E-state index contributed by atoms with van der Waals surface area (Å²) in [4.78, 5) is 4.56. The number of rotatable bonds is 5. The van der Waals surface area contributed by atoms with E-state index in [0.29, 0.717) is 5.25 Å². The van der Waals surface area contributed by atoms with Crippen molar-refractivity contribution in [3.8, 4) is 0 Å². The predicted octanol–water partition coefficient (Wildman–Crippen LogP) is 3.40. The molecule has 1 heterocycles. The number of benzene rings is 1. The molecule has 0 aromatic heterocycles. The Labute approximate surface area is 114 Å². The number of hydrogen-bond acceptors (Lipinski definition) is 3. The van der Waals surface area contributed by atoms with Gasteiger partial charge in [-0.2, -0.15) is 0 Å². The van der Waals surface area contributed by atoms with Gasteiger partial charge in [-0.3, -0.25) is 4.99 Å². The first-order chi connectivity index (χ1) is 8.79. The third kappa shape index (κ3) is 3.77. The standard InChI is InChI=1S/C15H22N2S/c1-3-6-14-11-17-15(18-14)16-10-9-13-8-5-4-7-12(13)2/h4-5,7-8,14H,3,6,9-11H2,1-2H3,(H,16,17). The van der Waals surface area contributed by atoms with E-state index >= 15 is 0 Å². The summed E-state index contributed by atoms with van der Waals surface area (Å²) < 4.78 is 0. The lowest BCUT2D eigenvalue weighted by molar-refractivity contribution is 0.753. The van der Waals surface area contributed by atoms with Crippen LogP contribution in [0.2, 0.25) is 0 Å². The fourth-order valence-corrected chi connectivity index (χ4v) is 3.33. The molecule has 1 aliphatic rings. The molecule has 1 aromatic carbocycles. The summed E-state index contributed by atoms with van der Waals surface area (Å²) in [6.07, 6.45) is 3.60. The molecule has 0 fully saturated rings. The van der Waals surface area contributed by atoms with Gasteiger partial charge in [0.05, 0.1) is 6.54 Å². The molecule has 1 aromatic rings. The van der Waals surface area contributed by atoms with Gasteiger partial charge in [0.1, 0.15) is 0 Å². The minimum Gasteiger partial charge on any atom is -0.365 e. The van der Waals surface area contributed by atoms with Crippen LogP contribution in [0.3, 0.4) is 0 Å². The van der Waals surface area contributed by atoms with Crippen molar-refractivity contribution >= 4 is 16.9 Å². The minimum atomic E-state index is 0.705. The Morgan fingerprint density at radius 2 is 2.22 bits per heavy atom. The van der Waals surface area contributed by atoms with E-state index in [0.717, 1.165) is 24.7 Å². The Balaban J connectivity index is 1.72. The molecule has 0 amide bonds. The Kier molecular flexibility index (Phi) is 5.12. The summed E-state index contributed by atoms with van der Waals surface area (Å²) in [6, 6.07) is 8.59. The van der Waals surface area contributed by atoms with E-state index in [-0.39, 0.29) is 0 Å². The van der Waals surface area contributed by atoms with Gasteiger partial charge in [-0.25, -0.2) is 0 Å². The topological polar surface area (TPSA) is 24.4 Å². The van der Waals surface area contributed by atoms with E-state index in [1.165, 1.54) is 24.0 Å². The van der Waals surface area contributed by atoms with E-state index in [4.69, 9.17) is 0 Å². The van der Waals surface area contributed by atoms with Gasteiger partial charge in [0.2, 0.25) is 0 Å². The van der Waals surface area contributed by atoms with Crippen molar-refractivity contribution in [3.05, 3.63) is 35.4 Å². The van der Waals surface area contributed by atoms with Crippen LogP contribution >= 0.6 is 11.8 Å². The molecule has 0 saturated heterocycles. The number of thioether (sulfide) groups is 1. The van der Waals surface area contributed by atoms with Crippen molar-refractivity contribution in [2.24, 2.45) is 4.99 Å². The highest BCUT2D eigenvalue weighted by atomic mass is 32.2. The number of nitrogens with zero attached hydrogens (tertiary/aromatic N) is 1. The Bertz CT molecular complexity index is 415. The summed E-state index contributed by atoms with van der Waals surface area (Å²) in [5.41, 5.74) is 2.81. The minimum absolute atomic E-state index is 0.705. The molecule has 0 radical (unpaired) electrons. The molecule has 18 heavy (non-hydrogen) atoms. The maximum Gasteiger partial charge on any atom is 0.156 e. The normalized spacial score (nSPS) is 18.8. The highest BCUT2D eigenvalue weighted by Crippen LogP contribution is 2.23. The van der Waals surface area contributed by atoms with Crippen LogP contribution in [0, 0.1) is 6.92 Å². The van der Waals surface area contributed by atoms with Crippen LogP contribution in [-0.4, -0.2) is 23.5 Å². The van der Waals surface area contributed by atoms with Crippen molar-refractivity contribution in [2.75, 3.05) is 13.1 Å². The van der Waals surface area contributed by atoms with E-state index in [1.807, 2.05) is 11.8 Å². The molecule has 1 aliphatic heterocycles. The van der Waals surface area contributed by atoms with Gasteiger partial charge in [0.25, 0.3) is 0 Å². The predicted molar refractivity (Wildman–Crippen MR) is 81.5 cm³/mol. The Morgan fingerprint density at radius 3 is 3.00 bits per heavy atom. The molecule has 0 aliphatic carbocycles. The summed E-state index contributed by atoms with van der Waals surface area (Å²) >= 11 is 1.91. The fraction of sp³-hybridized carbons (Fsp3) is 0.533. The van der Waals surface area contributed by atoms with Crippen LogP contribution < -0.4 is 5.32 Å². The SMILES string of the molecule is CCCC1CN=C(NCCc2ccccc2C)S1. The first kappa shape index (κ1) is 13.5. The van der Waals surface area contributed by atoms with Crippen LogP contribution in [0.4, 0.5) is 0 Å². The molecule has 2 rings (SSSR count). The molecule has 1 N–H and O–H groups in total. The fourth-order valence-electron chi connectivity index (χ4n) is 2.18. The zero-order valence-corrected chi connectivity index (χ0v) is 12.1. The van der Waals surface area contributed by atoms with Crippen molar-refractivity contribution in [3.63, 3.8) is 0 Å². The zero-order valence-electron chi connectivity index (χ0n) is 11.3. The first-order valence-electron chi connectivity index (χ1n) is 6.79. The zero-order chi connectivity index (χ0) is 12.8. The molecule has 3 heteroatoms. The number of aryl methyl sites for hydroxylation is 1. The smallest absolute Gasteiger partial charge is 0.156 e. The summed E-state index contributed by atoms with van der Waals surface area (Å²) in [5, 5.41) is 5.30.